The summed E-state index contributed by atoms with van der Waals surface area (Å²) in [7, 11) is 0. The first kappa shape index (κ1) is 13.7. The molecule has 0 saturated carbocycles. The number of benzene rings is 1. The van der Waals surface area contributed by atoms with Gasteiger partial charge in [0, 0.05) is 18.7 Å². The first-order valence-electron chi connectivity index (χ1n) is 6.07. The molecule has 1 aliphatic rings. The fourth-order valence-corrected chi connectivity index (χ4v) is 2.07. The number of imide groups is 1. The van der Waals surface area contributed by atoms with Crippen LogP contribution in [0, 0.1) is 0 Å². The zero-order chi connectivity index (χ0) is 13.7. The highest BCUT2D eigenvalue weighted by Gasteiger charge is 2.22. The molecule has 1 aromatic rings. The van der Waals surface area contributed by atoms with Gasteiger partial charge in [-0.25, -0.2) is 4.79 Å². The molecule has 6 heteroatoms. The molecule has 102 valence electrons. The SMILES string of the molecule is O=C(CCCl)NC(=O)NCC1Cc2ccccc2O1. The second kappa shape index (κ2) is 6.43. The van der Waals surface area contributed by atoms with Crippen LogP contribution in [0.25, 0.3) is 0 Å². The van der Waals surface area contributed by atoms with Crippen molar-refractivity contribution in [3.05, 3.63) is 29.8 Å². The van der Waals surface area contributed by atoms with Gasteiger partial charge in [0.05, 0.1) is 6.54 Å². The molecule has 1 atom stereocenters. The number of amides is 3. The normalized spacial score (nSPS) is 16.4. The third-order valence-corrected chi connectivity index (χ3v) is 2.97. The van der Waals surface area contributed by atoms with Crippen LogP contribution in [0.5, 0.6) is 5.75 Å². The van der Waals surface area contributed by atoms with Crippen LogP contribution in [-0.4, -0.2) is 30.5 Å². The van der Waals surface area contributed by atoms with Gasteiger partial charge in [0.2, 0.25) is 5.91 Å². The van der Waals surface area contributed by atoms with Gasteiger partial charge in [-0.3, -0.25) is 10.1 Å². The van der Waals surface area contributed by atoms with Crippen LogP contribution in [-0.2, 0) is 11.2 Å². The number of urea groups is 1. The molecule has 3 amide bonds. The smallest absolute Gasteiger partial charge is 0.321 e. The maximum atomic E-state index is 11.4. The molecule has 0 fully saturated rings. The average molecular weight is 283 g/mol. The summed E-state index contributed by atoms with van der Waals surface area (Å²) in [4.78, 5) is 22.6. The number of rotatable bonds is 4. The molecular weight excluding hydrogens is 268 g/mol. The summed E-state index contributed by atoms with van der Waals surface area (Å²) in [6.07, 6.45) is 0.790. The predicted molar refractivity (Wildman–Crippen MR) is 71.4 cm³/mol. The van der Waals surface area contributed by atoms with Crippen LogP contribution in [0.4, 0.5) is 4.79 Å². The molecule has 2 N–H and O–H groups in total. The molecule has 0 radical (unpaired) electrons. The first-order valence-corrected chi connectivity index (χ1v) is 6.60. The van der Waals surface area contributed by atoms with Crippen molar-refractivity contribution in [1.82, 2.24) is 10.6 Å². The van der Waals surface area contributed by atoms with Crippen LogP contribution >= 0.6 is 11.6 Å². The van der Waals surface area contributed by atoms with Gasteiger partial charge in [-0.05, 0) is 11.6 Å². The number of para-hydroxylation sites is 1. The minimum absolute atomic E-state index is 0.0914. The van der Waals surface area contributed by atoms with E-state index in [1.54, 1.807) is 0 Å². The Morgan fingerprint density at radius 2 is 2.16 bits per heavy atom. The Hall–Kier alpha value is -1.75. The van der Waals surface area contributed by atoms with Crippen LogP contribution in [0.1, 0.15) is 12.0 Å². The number of nitrogens with one attached hydrogen (secondary N) is 2. The standard InChI is InChI=1S/C13H15ClN2O3/c14-6-5-12(17)16-13(18)15-8-10-7-9-3-1-2-4-11(9)19-10/h1-4,10H,5-8H2,(H2,15,16,17,18). The Labute approximate surface area is 116 Å². The lowest BCUT2D eigenvalue weighted by Gasteiger charge is -2.12. The lowest BCUT2D eigenvalue weighted by Crippen LogP contribution is -2.43. The molecule has 1 aromatic carbocycles. The molecule has 0 aromatic heterocycles. The molecule has 0 spiro atoms. The van der Waals surface area contributed by atoms with Gasteiger partial charge in [-0.15, -0.1) is 11.6 Å². The van der Waals surface area contributed by atoms with Crippen molar-refractivity contribution in [3.8, 4) is 5.75 Å². The summed E-state index contributed by atoms with van der Waals surface area (Å²) >= 11 is 5.40. The van der Waals surface area contributed by atoms with Gasteiger partial charge in [-0.1, -0.05) is 18.2 Å². The van der Waals surface area contributed by atoms with E-state index in [1.807, 2.05) is 24.3 Å². The van der Waals surface area contributed by atoms with Crippen LogP contribution in [0.15, 0.2) is 24.3 Å². The van der Waals surface area contributed by atoms with Crippen LogP contribution in [0.3, 0.4) is 0 Å². The fourth-order valence-electron chi connectivity index (χ4n) is 1.89. The van der Waals surface area contributed by atoms with E-state index in [9.17, 15) is 9.59 Å². The van der Waals surface area contributed by atoms with Gasteiger partial charge in [0.25, 0.3) is 0 Å². The molecule has 1 heterocycles. The molecular formula is C13H15ClN2O3. The molecule has 0 bridgehead atoms. The molecule has 19 heavy (non-hydrogen) atoms. The summed E-state index contributed by atoms with van der Waals surface area (Å²) in [6.45, 7) is 0.356. The Kier molecular flexibility index (Phi) is 4.63. The third kappa shape index (κ3) is 3.86. The Balaban J connectivity index is 1.73. The number of halogens is 1. The molecule has 1 aliphatic heterocycles. The number of fused-ring (bicyclic) bond motifs is 1. The Morgan fingerprint density at radius 3 is 2.89 bits per heavy atom. The second-order valence-corrected chi connectivity index (χ2v) is 4.63. The quantitative estimate of drug-likeness (QED) is 0.821. The zero-order valence-corrected chi connectivity index (χ0v) is 11.1. The van der Waals surface area contributed by atoms with Crippen molar-refractivity contribution in [1.29, 1.82) is 0 Å². The number of carbonyl (C=O) groups excluding carboxylic acids is 2. The van der Waals surface area contributed by atoms with E-state index in [0.29, 0.717) is 6.54 Å². The van der Waals surface area contributed by atoms with Gasteiger partial charge in [0.15, 0.2) is 0 Å². The van der Waals surface area contributed by atoms with Crippen molar-refractivity contribution >= 4 is 23.5 Å². The summed E-state index contributed by atoms with van der Waals surface area (Å²) in [5.74, 6) is 0.663. The number of hydrogen-bond donors (Lipinski definition) is 2. The molecule has 0 saturated heterocycles. The fraction of sp³-hybridized carbons (Fsp3) is 0.385. The molecule has 2 rings (SSSR count). The van der Waals surface area contributed by atoms with E-state index in [0.717, 1.165) is 17.7 Å². The van der Waals surface area contributed by atoms with Gasteiger partial charge in [0.1, 0.15) is 11.9 Å². The lowest BCUT2D eigenvalue weighted by molar-refractivity contribution is -0.119. The number of carbonyl (C=O) groups is 2. The van der Waals surface area contributed by atoms with E-state index < -0.39 is 6.03 Å². The van der Waals surface area contributed by atoms with Crippen molar-refractivity contribution in [2.24, 2.45) is 0 Å². The van der Waals surface area contributed by atoms with E-state index in [-0.39, 0.29) is 24.3 Å². The van der Waals surface area contributed by atoms with Crippen LogP contribution in [0.2, 0.25) is 0 Å². The van der Waals surface area contributed by atoms with E-state index in [1.165, 1.54) is 0 Å². The maximum Gasteiger partial charge on any atom is 0.321 e. The second-order valence-electron chi connectivity index (χ2n) is 4.25. The molecule has 5 nitrogen and oxygen atoms in total. The maximum absolute atomic E-state index is 11.4. The Morgan fingerprint density at radius 1 is 1.37 bits per heavy atom. The minimum atomic E-state index is -0.519. The third-order valence-electron chi connectivity index (χ3n) is 2.78. The summed E-state index contributed by atoms with van der Waals surface area (Å²) < 4.78 is 5.66. The van der Waals surface area contributed by atoms with Gasteiger partial charge >= 0.3 is 6.03 Å². The number of hydrogen-bond acceptors (Lipinski definition) is 3. The van der Waals surface area contributed by atoms with Gasteiger partial charge in [-0.2, -0.15) is 0 Å². The van der Waals surface area contributed by atoms with Crippen molar-refractivity contribution < 1.29 is 14.3 Å². The monoisotopic (exact) mass is 282 g/mol. The highest BCUT2D eigenvalue weighted by molar-refractivity contribution is 6.19. The summed E-state index contributed by atoms with van der Waals surface area (Å²) in [6, 6.07) is 7.25. The van der Waals surface area contributed by atoms with Crippen molar-refractivity contribution in [3.63, 3.8) is 0 Å². The highest BCUT2D eigenvalue weighted by Crippen LogP contribution is 2.27. The largest absolute Gasteiger partial charge is 0.488 e. The lowest BCUT2D eigenvalue weighted by atomic mass is 10.1. The van der Waals surface area contributed by atoms with Gasteiger partial charge < -0.3 is 10.1 Å². The van der Waals surface area contributed by atoms with E-state index in [4.69, 9.17) is 16.3 Å². The molecule has 0 aliphatic carbocycles. The number of ether oxygens (including phenoxy) is 1. The molecule has 1 unspecified atom stereocenters. The topological polar surface area (TPSA) is 67.4 Å². The first-order chi connectivity index (χ1) is 9.19. The highest BCUT2D eigenvalue weighted by atomic mass is 35.5. The average Bonchev–Trinajstić information content (AvgIpc) is 2.79. The minimum Gasteiger partial charge on any atom is -0.488 e. The predicted octanol–water partition coefficient (Wildman–Crippen LogP) is 1.44. The van der Waals surface area contributed by atoms with E-state index in [2.05, 4.69) is 10.6 Å². The van der Waals surface area contributed by atoms with Crippen molar-refractivity contribution in [2.45, 2.75) is 18.9 Å². The van der Waals surface area contributed by atoms with E-state index >= 15 is 0 Å². The van der Waals surface area contributed by atoms with Crippen LogP contribution < -0.4 is 15.4 Å². The Bertz CT molecular complexity index is 454. The summed E-state index contributed by atoms with van der Waals surface area (Å²) in [5, 5.41) is 4.81. The summed E-state index contributed by atoms with van der Waals surface area (Å²) in [5.41, 5.74) is 1.13. The number of alkyl halides is 1. The zero-order valence-electron chi connectivity index (χ0n) is 10.3. The van der Waals surface area contributed by atoms with Crippen molar-refractivity contribution in [2.75, 3.05) is 12.4 Å².